The first-order valence-corrected chi connectivity index (χ1v) is 9.18. The number of anilines is 1. The second-order valence-electron chi connectivity index (χ2n) is 7.03. The first-order valence-electron chi connectivity index (χ1n) is 9.18. The van der Waals surface area contributed by atoms with Gasteiger partial charge in [0.2, 0.25) is 0 Å². The van der Waals surface area contributed by atoms with Crippen LogP contribution in [0.5, 0.6) is 5.75 Å². The van der Waals surface area contributed by atoms with E-state index in [1.807, 2.05) is 12.1 Å². The number of benzene rings is 2. The van der Waals surface area contributed by atoms with Crippen LogP contribution in [-0.2, 0) is 0 Å². The highest BCUT2D eigenvalue weighted by molar-refractivity contribution is 5.96. The Kier molecular flexibility index (Phi) is 4.90. The molecule has 0 aliphatic carbocycles. The van der Waals surface area contributed by atoms with E-state index in [-0.39, 0.29) is 5.82 Å². The van der Waals surface area contributed by atoms with E-state index in [1.165, 1.54) is 12.1 Å². The molecule has 27 heavy (non-hydrogen) atoms. The molecule has 0 spiro atoms. The van der Waals surface area contributed by atoms with E-state index >= 15 is 0 Å². The molecule has 6 heteroatoms. The monoisotopic (exact) mass is 366 g/mol. The predicted molar refractivity (Wildman–Crippen MR) is 106 cm³/mol. The van der Waals surface area contributed by atoms with Crippen molar-refractivity contribution in [3.05, 3.63) is 48.5 Å². The third kappa shape index (κ3) is 3.71. The van der Waals surface area contributed by atoms with E-state index in [1.54, 1.807) is 25.6 Å². The van der Waals surface area contributed by atoms with Gasteiger partial charge >= 0.3 is 0 Å². The van der Waals surface area contributed by atoms with E-state index in [0.29, 0.717) is 11.8 Å². The van der Waals surface area contributed by atoms with Crippen molar-refractivity contribution in [3.63, 3.8) is 0 Å². The third-order valence-corrected chi connectivity index (χ3v) is 5.16. The summed E-state index contributed by atoms with van der Waals surface area (Å²) in [5.74, 6) is 1.25. The van der Waals surface area contributed by atoms with Gasteiger partial charge in [0.05, 0.1) is 7.11 Å². The molecule has 0 saturated carbocycles. The number of rotatable bonds is 4. The lowest BCUT2D eigenvalue weighted by Crippen LogP contribution is -2.36. The van der Waals surface area contributed by atoms with E-state index in [4.69, 9.17) is 4.74 Å². The van der Waals surface area contributed by atoms with Crippen LogP contribution in [0.15, 0.2) is 42.7 Å². The van der Waals surface area contributed by atoms with Crippen LogP contribution < -0.4 is 10.1 Å². The topological polar surface area (TPSA) is 50.3 Å². The predicted octanol–water partition coefficient (Wildman–Crippen LogP) is 3.95. The summed E-state index contributed by atoms with van der Waals surface area (Å²) < 4.78 is 18.9. The minimum atomic E-state index is -0.251. The first-order chi connectivity index (χ1) is 13.1. The molecule has 2 heterocycles. The number of hydrogen-bond donors (Lipinski definition) is 1. The van der Waals surface area contributed by atoms with Gasteiger partial charge in [-0.2, -0.15) is 0 Å². The Morgan fingerprint density at radius 2 is 1.81 bits per heavy atom. The summed E-state index contributed by atoms with van der Waals surface area (Å²) in [6, 6.07) is 10.8. The van der Waals surface area contributed by atoms with E-state index in [0.717, 1.165) is 53.8 Å². The second kappa shape index (κ2) is 7.48. The number of fused-ring (bicyclic) bond motifs is 1. The van der Waals surface area contributed by atoms with Crippen molar-refractivity contribution >= 4 is 16.7 Å². The molecule has 1 N–H and O–H groups in total. The number of ether oxygens (including phenoxy) is 1. The van der Waals surface area contributed by atoms with E-state index in [9.17, 15) is 4.39 Å². The third-order valence-electron chi connectivity index (χ3n) is 5.16. The molecule has 0 atom stereocenters. The fourth-order valence-corrected chi connectivity index (χ4v) is 3.56. The van der Waals surface area contributed by atoms with Gasteiger partial charge in [0, 0.05) is 11.4 Å². The lowest BCUT2D eigenvalue weighted by molar-refractivity contribution is 0.264. The molecule has 1 aliphatic rings. The molecule has 0 amide bonds. The summed E-state index contributed by atoms with van der Waals surface area (Å²) in [6.45, 7) is 2.15. The SMILES string of the molecule is COc1cc(-c2ccc(F)cc2)cc2c(NC3CCN(C)CC3)ncnc12. The van der Waals surface area contributed by atoms with Crippen molar-refractivity contribution in [2.45, 2.75) is 18.9 Å². The molecule has 1 aliphatic heterocycles. The zero-order valence-corrected chi connectivity index (χ0v) is 15.6. The number of nitrogens with zero attached hydrogens (tertiary/aromatic N) is 3. The van der Waals surface area contributed by atoms with Crippen LogP contribution in [0.2, 0.25) is 0 Å². The largest absolute Gasteiger partial charge is 0.494 e. The molecule has 1 aromatic heterocycles. The maximum Gasteiger partial charge on any atom is 0.145 e. The molecule has 3 aromatic rings. The van der Waals surface area contributed by atoms with Gasteiger partial charge in [-0.15, -0.1) is 0 Å². The Hall–Kier alpha value is -2.73. The fraction of sp³-hybridized carbons (Fsp3) is 0.333. The van der Waals surface area contributed by atoms with Crippen LogP contribution in [0.4, 0.5) is 10.2 Å². The van der Waals surface area contributed by atoms with Crippen molar-refractivity contribution in [1.82, 2.24) is 14.9 Å². The second-order valence-corrected chi connectivity index (χ2v) is 7.03. The highest BCUT2D eigenvalue weighted by atomic mass is 19.1. The van der Waals surface area contributed by atoms with Gasteiger partial charge in [-0.05, 0) is 68.4 Å². The van der Waals surface area contributed by atoms with Crippen LogP contribution in [-0.4, -0.2) is 48.2 Å². The Labute approximate surface area is 158 Å². The Bertz CT molecular complexity index is 937. The lowest BCUT2D eigenvalue weighted by Gasteiger charge is -2.30. The van der Waals surface area contributed by atoms with Crippen LogP contribution in [0.3, 0.4) is 0 Å². The number of likely N-dealkylation sites (tertiary alicyclic amines) is 1. The Morgan fingerprint density at radius 1 is 1.07 bits per heavy atom. The summed E-state index contributed by atoms with van der Waals surface area (Å²) in [6.07, 6.45) is 3.73. The average molecular weight is 366 g/mol. The fourth-order valence-electron chi connectivity index (χ4n) is 3.56. The highest BCUT2D eigenvalue weighted by Gasteiger charge is 2.19. The van der Waals surface area contributed by atoms with Gasteiger partial charge in [0.25, 0.3) is 0 Å². The summed E-state index contributed by atoms with van der Waals surface area (Å²) in [5.41, 5.74) is 2.64. The van der Waals surface area contributed by atoms with Crippen molar-refractivity contribution in [2.24, 2.45) is 0 Å². The van der Waals surface area contributed by atoms with Gasteiger partial charge < -0.3 is 15.0 Å². The number of methoxy groups -OCH3 is 1. The molecule has 0 radical (unpaired) electrons. The highest BCUT2D eigenvalue weighted by Crippen LogP contribution is 2.34. The summed E-state index contributed by atoms with van der Waals surface area (Å²) in [5, 5.41) is 4.50. The van der Waals surface area contributed by atoms with Gasteiger partial charge in [-0.3, -0.25) is 0 Å². The smallest absolute Gasteiger partial charge is 0.145 e. The first kappa shape index (κ1) is 17.7. The maximum atomic E-state index is 13.3. The molecule has 1 saturated heterocycles. The van der Waals surface area contributed by atoms with E-state index < -0.39 is 0 Å². The molecule has 2 aromatic carbocycles. The molecule has 0 unspecified atom stereocenters. The number of piperidine rings is 1. The molecule has 0 bridgehead atoms. The Morgan fingerprint density at radius 3 is 2.52 bits per heavy atom. The normalized spacial score (nSPS) is 15.8. The van der Waals surface area contributed by atoms with Crippen molar-refractivity contribution in [3.8, 4) is 16.9 Å². The molecular weight excluding hydrogens is 343 g/mol. The molecule has 5 nitrogen and oxygen atoms in total. The van der Waals surface area contributed by atoms with Crippen LogP contribution in [0, 0.1) is 5.82 Å². The Balaban J connectivity index is 1.75. The average Bonchev–Trinajstić information content (AvgIpc) is 2.70. The van der Waals surface area contributed by atoms with Gasteiger partial charge in [-0.25, -0.2) is 14.4 Å². The molecule has 4 rings (SSSR count). The minimum Gasteiger partial charge on any atom is -0.494 e. The van der Waals surface area contributed by atoms with Gasteiger partial charge in [0.15, 0.2) is 0 Å². The maximum absolute atomic E-state index is 13.3. The van der Waals surface area contributed by atoms with Crippen molar-refractivity contribution in [1.29, 1.82) is 0 Å². The van der Waals surface area contributed by atoms with Gasteiger partial charge in [0.1, 0.15) is 29.2 Å². The van der Waals surface area contributed by atoms with Crippen LogP contribution >= 0.6 is 0 Å². The molecule has 1 fully saturated rings. The number of hydrogen-bond acceptors (Lipinski definition) is 5. The summed E-state index contributed by atoms with van der Waals surface area (Å²) in [4.78, 5) is 11.3. The van der Waals surface area contributed by atoms with E-state index in [2.05, 4.69) is 27.2 Å². The number of aromatic nitrogens is 2. The minimum absolute atomic E-state index is 0.251. The molecular formula is C21H23FN4O. The zero-order valence-electron chi connectivity index (χ0n) is 15.6. The number of nitrogens with one attached hydrogen (secondary N) is 1. The van der Waals surface area contributed by atoms with Crippen molar-refractivity contribution in [2.75, 3.05) is 32.6 Å². The number of halogens is 1. The standard InChI is InChI=1S/C21H23FN4O/c1-26-9-7-17(8-10-26)25-21-18-11-15(14-3-5-16(22)6-4-14)12-19(27-2)20(18)23-13-24-21/h3-6,11-13,17H,7-10H2,1-2H3,(H,23,24,25). The van der Waals surface area contributed by atoms with Gasteiger partial charge in [-0.1, -0.05) is 12.1 Å². The lowest BCUT2D eigenvalue weighted by atomic mass is 10.0. The van der Waals surface area contributed by atoms with Crippen molar-refractivity contribution < 1.29 is 9.13 Å². The summed E-state index contributed by atoms with van der Waals surface area (Å²) >= 11 is 0. The summed E-state index contributed by atoms with van der Waals surface area (Å²) in [7, 11) is 3.78. The van der Waals surface area contributed by atoms with Crippen LogP contribution in [0.25, 0.3) is 22.0 Å². The zero-order chi connectivity index (χ0) is 18.8. The molecule has 140 valence electrons. The van der Waals surface area contributed by atoms with Crippen LogP contribution in [0.1, 0.15) is 12.8 Å². The quantitative estimate of drug-likeness (QED) is 0.758.